The topological polar surface area (TPSA) is 88.4 Å². The molecule has 0 radical (unpaired) electrons. The van der Waals surface area contributed by atoms with E-state index in [2.05, 4.69) is 9.97 Å². The summed E-state index contributed by atoms with van der Waals surface area (Å²) >= 11 is 0. The first-order chi connectivity index (χ1) is 15.6. The highest BCUT2D eigenvalue weighted by Gasteiger charge is 2.27. The van der Waals surface area contributed by atoms with E-state index >= 15 is 0 Å². The van der Waals surface area contributed by atoms with Crippen molar-refractivity contribution in [3.63, 3.8) is 0 Å². The molecule has 0 atom stereocenters. The molecule has 0 bridgehead atoms. The van der Waals surface area contributed by atoms with Crippen molar-refractivity contribution in [2.45, 2.75) is 24.2 Å². The number of hydrogen-bond acceptors (Lipinski definition) is 6. The lowest BCUT2D eigenvalue weighted by atomic mass is 10.2. The number of aromatic nitrogens is 3. The molecular formula is C22H25F2N5O3S. The Morgan fingerprint density at radius 3 is 2.45 bits per heavy atom. The maximum absolute atomic E-state index is 13.4. The quantitative estimate of drug-likeness (QED) is 0.542. The smallest absolute Gasteiger partial charge is 0.272 e. The highest BCUT2D eigenvalue weighted by atomic mass is 32.2. The molecule has 176 valence electrons. The van der Waals surface area contributed by atoms with E-state index in [0.717, 1.165) is 6.92 Å². The van der Waals surface area contributed by atoms with Gasteiger partial charge >= 0.3 is 0 Å². The third-order valence-electron chi connectivity index (χ3n) is 5.83. The molecule has 0 spiro atoms. The summed E-state index contributed by atoms with van der Waals surface area (Å²) < 4.78 is 54.3. The molecule has 1 amide bonds. The molecule has 11 heteroatoms. The Morgan fingerprint density at radius 1 is 1.09 bits per heavy atom. The van der Waals surface area contributed by atoms with Gasteiger partial charge in [0.15, 0.2) is 9.84 Å². The first kappa shape index (κ1) is 23.1. The van der Waals surface area contributed by atoms with Gasteiger partial charge < -0.3 is 14.4 Å². The van der Waals surface area contributed by atoms with E-state index in [1.165, 1.54) is 18.3 Å². The lowest BCUT2D eigenvalue weighted by Crippen LogP contribution is -2.49. The normalized spacial score (nSPS) is 15.3. The number of sulfone groups is 1. The molecule has 1 aliphatic heterocycles. The van der Waals surface area contributed by atoms with Gasteiger partial charge in [0, 0.05) is 58.3 Å². The molecule has 8 nitrogen and oxygen atoms in total. The molecule has 0 unspecified atom stereocenters. The van der Waals surface area contributed by atoms with Gasteiger partial charge in [-0.1, -0.05) is 6.07 Å². The molecule has 1 aliphatic rings. The van der Waals surface area contributed by atoms with Crippen LogP contribution in [-0.4, -0.2) is 65.7 Å². The molecule has 0 aliphatic carbocycles. The van der Waals surface area contributed by atoms with E-state index in [0.29, 0.717) is 43.0 Å². The summed E-state index contributed by atoms with van der Waals surface area (Å²) in [5.41, 5.74) is 0.964. The number of hydrogen-bond donors (Lipinski definition) is 0. The third kappa shape index (κ3) is 4.82. The number of fused-ring (bicyclic) bond motifs is 1. The summed E-state index contributed by atoms with van der Waals surface area (Å²) in [6, 6.07) is 7.83. The molecule has 3 aromatic rings. The highest BCUT2D eigenvalue weighted by molar-refractivity contribution is 7.91. The van der Waals surface area contributed by atoms with E-state index in [1.54, 1.807) is 41.0 Å². The first-order valence-electron chi connectivity index (χ1n) is 10.6. The zero-order valence-electron chi connectivity index (χ0n) is 18.4. The zero-order chi connectivity index (χ0) is 23.8. The maximum Gasteiger partial charge on any atom is 0.272 e. The number of aryl methyl sites for hydroxylation is 1. The number of benzene rings is 1. The molecule has 2 aromatic heterocycles. The Balaban J connectivity index is 1.35. The summed E-state index contributed by atoms with van der Waals surface area (Å²) in [6.45, 7) is 2.61. The van der Waals surface area contributed by atoms with Gasteiger partial charge in [-0.3, -0.25) is 4.79 Å². The summed E-state index contributed by atoms with van der Waals surface area (Å²) in [7, 11) is -1.94. The molecule has 1 saturated heterocycles. The van der Waals surface area contributed by atoms with Crippen LogP contribution < -0.4 is 4.90 Å². The number of imidazole rings is 1. The van der Waals surface area contributed by atoms with E-state index in [9.17, 15) is 22.0 Å². The van der Waals surface area contributed by atoms with E-state index < -0.39 is 15.8 Å². The van der Waals surface area contributed by atoms with Crippen LogP contribution in [0.15, 0.2) is 47.8 Å². The van der Waals surface area contributed by atoms with Crippen molar-refractivity contribution in [2.75, 3.05) is 36.8 Å². The molecule has 3 heterocycles. The van der Waals surface area contributed by atoms with Gasteiger partial charge in [0.25, 0.3) is 5.92 Å². The van der Waals surface area contributed by atoms with Gasteiger partial charge in [-0.25, -0.2) is 27.2 Å². The van der Waals surface area contributed by atoms with Gasteiger partial charge in [0.2, 0.25) is 5.91 Å². The van der Waals surface area contributed by atoms with Crippen LogP contribution in [0.3, 0.4) is 0 Å². The SMILES string of the molecule is Cn1cnc2cccc(S(=O)(=O)CCC(=O)N3CCN(c4ccc(C(C)(F)F)cn4)CC3)c21. The molecule has 0 saturated carbocycles. The number of amides is 1. The second-order valence-electron chi connectivity index (χ2n) is 8.21. The fraction of sp³-hybridized carbons (Fsp3) is 0.409. The van der Waals surface area contributed by atoms with Crippen molar-refractivity contribution in [3.8, 4) is 0 Å². The number of para-hydroxylation sites is 1. The third-order valence-corrected chi connectivity index (χ3v) is 7.57. The number of nitrogens with zero attached hydrogens (tertiary/aromatic N) is 5. The predicted octanol–water partition coefficient (Wildman–Crippen LogP) is 2.59. The number of halogens is 2. The average molecular weight is 478 g/mol. The Hall–Kier alpha value is -3.08. The fourth-order valence-electron chi connectivity index (χ4n) is 3.93. The van der Waals surface area contributed by atoms with Crippen LogP contribution in [0.4, 0.5) is 14.6 Å². The van der Waals surface area contributed by atoms with Crippen molar-refractivity contribution in [1.29, 1.82) is 0 Å². The second-order valence-corrected chi connectivity index (χ2v) is 10.3. The van der Waals surface area contributed by atoms with Crippen molar-refractivity contribution in [3.05, 3.63) is 48.4 Å². The minimum absolute atomic E-state index is 0.116. The Morgan fingerprint density at radius 2 is 1.82 bits per heavy atom. The number of pyridine rings is 1. The van der Waals surface area contributed by atoms with Crippen LogP contribution in [0.1, 0.15) is 18.9 Å². The van der Waals surface area contributed by atoms with Crippen LogP contribution in [0.25, 0.3) is 11.0 Å². The number of anilines is 1. The van der Waals surface area contributed by atoms with Gasteiger partial charge in [0.1, 0.15) is 5.82 Å². The lowest BCUT2D eigenvalue weighted by Gasteiger charge is -2.35. The number of rotatable bonds is 6. The predicted molar refractivity (Wildman–Crippen MR) is 120 cm³/mol. The second kappa shape index (κ2) is 8.69. The van der Waals surface area contributed by atoms with Gasteiger partial charge in [-0.05, 0) is 24.3 Å². The largest absolute Gasteiger partial charge is 0.353 e. The van der Waals surface area contributed by atoms with E-state index in [4.69, 9.17) is 0 Å². The molecule has 33 heavy (non-hydrogen) atoms. The standard InChI is InChI=1S/C22H25F2N5O3S/c1-22(23,24)16-6-7-19(25-14-16)28-9-11-29(12-10-28)20(30)8-13-33(31,32)18-5-3-4-17-21(18)27(2)15-26-17/h3-7,14-15H,8-13H2,1-2H3. The summed E-state index contributed by atoms with van der Waals surface area (Å²) in [6.07, 6.45) is 2.61. The molecular weight excluding hydrogens is 452 g/mol. The Bertz CT molecular complexity index is 1260. The van der Waals surface area contributed by atoms with Crippen LogP contribution in [0.2, 0.25) is 0 Å². The van der Waals surface area contributed by atoms with Crippen molar-refractivity contribution in [1.82, 2.24) is 19.4 Å². The Labute approximate surface area is 190 Å². The lowest BCUT2D eigenvalue weighted by molar-refractivity contribution is -0.131. The summed E-state index contributed by atoms with van der Waals surface area (Å²) in [4.78, 5) is 24.7. The number of carbonyl (C=O) groups excluding carboxylic acids is 1. The van der Waals surface area contributed by atoms with Crippen LogP contribution in [0, 0.1) is 0 Å². The molecule has 4 rings (SSSR count). The number of alkyl halides is 2. The number of piperazine rings is 1. The van der Waals surface area contributed by atoms with Crippen LogP contribution in [-0.2, 0) is 27.6 Å². The minimum Gasteiger partial charge on any atom is -0.353 e. The van der Waals surface area contributed by atoms with E-state index in [1.807, 2.05) is 4.90 Å². The molecule has 1 aromatic carbocycles. The van der Waals surface area contributed by atoms with Crippen molar-refractivity contribution in [2.24, 2.45) is 7.05 Å². The summed E-state index contributed by atoms with van der Waals surface area (Å²) in [5, 5.41) is 0. The first-order valence-corrected chi connectivity index (χ1v) is 12.2. The molecule has 1 fully saturated rings. The minimum atomic E-state index is -3.67. The highest BCUT2D eigenvalue weighted by Crippen LogP contribution is 2.27. The van der Waals surface area contributed by atoms with Crippen LogP contribution in [0.5, 0.6) is 0 Å². The monoisotopic (exact) mass is 477 g/mol. The maximum atomic E-state index is 13.4. The van der Waals surface area contributed by atoms with Gasteiger partial charge in [0.05, 0.1) is 28.0 Å². The van der Waals surface area contributed by atoms with E-state index in [-0.39, 0.29) is 28.5 Å². The zero-order valence-corrected chi connectivity index (χ0v) is 19.2. The van der Waals surface area contributed by atoms with Gasteiger partial charge in [-0.2, -0.15) is 0 Å². The molecule has 0 N–H and O–H groups in total. The van der Waals surface area contributed by atoms with Crippen LogP contribution >= 0.6 is 0 Å². The summed E-state index contributed by atoms with van der Waals surface area (Å²) in [5.74, 6) is -2.89. The fourth-order valence-corrected chi connectivity index (χ4v) is 5.43. The number of carbonyl (C=O) groups is 1. The van der Waals surface area contributed by atoms with Crippen molar-refractivity contribution < 1.29 is 22.0 Å². The van der Waals surface area contributed by atoms with Gasteiger partial charge in [-0.15, -0.1) is 0 Å². The average Bonchev–Trinajstić information content (AvgIpc) is 3.18. The van der Waals surface area contributed by atoms with Crippen molar-refractivity contribution >= 4 is 32.6 Å². The Kier molecular flexibility index (Phi) is 6.08.